The van der Waals surface area contributed by atoms with Crippen molar-refractivity contribution in [3.8, 4) is 0 Å². The van der Waals surface area contributed by atoms with Gasteiger partial charge >= 0.3 is 0 Å². The van der Waals surface area contributed by atoms with Crippen LogP contribution in [0.15, 0.2) is 35.7 Å². The van der Waals surface area contributed by atoms with Crippen LogP contribution in [0.2, 0.25) is 0 Å². The quantitative estimate of drug-likeness (QED) is 0.920. The standard InChI is InChI=1S/C17H21N3OS/c1-13(21)18-17-19-15(12-22-17)11-20-9-5-8-16(20)10-14-6-3-2-4-7-14/h2-4,6-7,12,16H,5,8-11H2,1H3,(H,18,19,21)/t16-/m0/s1. The van der Waals surface area contributed by atoms with Crippen molar-refractivity contribution in [1.82, 2.24) is 9.88 Å². The van der Waals surface area contributed by atoms with Gasteiger partial charge in [0.2, 0.25) is 5.91 Å². The van der Waals surface area contributed by atoms with Gasteiger partial charge in [0.05, 0.1) is 5.69 Å². The largest absolute Gasteiger partial charge is 0.302 e. The molecule has 5 heteroatoms. The summed E-state index contributed by atoms with van der Waals surface area (Å²) in [6, 6.07) is 11.3. The monoisotopic (exact) mass is 315 g/mol. The molecule has 0 saturated carbocycles. The Balaban J connectivity index is 1.61. The summed E-state index contributed by atoms with van der Waals surface area (Å²) < 4.78 is 0. The smallest absolute Gasteiger partial charge is 0.223 e. The Morgan fingerprint density at radius 2 is 2.23 bits per heavy atom. The molecule has 4 nitrogen and oxygen atoms in total. The summed E-state index contributed by atoms with van der Waals surface area (Å²) in [5, 5.41) is 5.49. The molecule has 1 N–H and O–H groups in total. The number of carbonyl (C=O) groups is 1. The van der Waals surface area contributed by atoms with Gasteiger partial charge in [0.1, 0.15) is 0 Å². The summed E-state index contributed by atoms with van der Waals surface area (Å²) in [5.74, 6) is -0.0657. The number of carbonyl (C=O) groups excluding carboxylic acids is 1. The number of nitrogens with one attached hydrogen (secondary N) is 1. The number of benzene rings is 1. The molecular formula is C17H21N3OS. The van der Waals surface area contributed by atoms with E-state index in [9.17, 15) is 4.79 Å². The lowest BCUT2D eigenvalue weighted by Crippen LogP contribution is -2.30. The first kappa shape index (κ1) is 15.2. The first-order valence-electron chi connectivity index (χ1n) is 7.70. The van der Waals surface area contributed by atoms with Crippen LogP contribution in [0, 0.1) is 0 Å². The van der Waals surface area contributed by atoms with E-state index in [-0.39, 0.29) is 5.91 Å². The van der Waals surface area contributed by atoms with Gasteiger partial charge in [0.15, 0.2) is 5.13 Å². The molecule has 2 heterocycles. The molecule has 2 aromatic rings. The maximum Gasteiger partial charge on any atom is 0.223 e. The van der Waals surface area contributed by atoms with Crippen LogP contribution in [0.1, 0.15) is 31.0 Å². The van der Waals surface area contributed by atoms with Gasteiger partial charge in [-0.1, -0.05) is 30.3 Å². The zero-order valence-corrected chi connectivity index (χ0v) is 13.6. The number of hydrogen-bond acceptors (Lipinski definition) is 4. The Morgan fingerprint density at radius 3 is 3.00 bits per heavy atom. The minimum absolute atomic E-state index is 0.0657. The van der Waals surface area contributed by atoms with Crippen LogP contribution in [0.25, 0.3) is 0 Å². The number of thiazole rings is 1. The van der Waals surface area contributed by atoms with Crippen molar-refractivity contribution in [1.29, 1.82) is 0 Å². The molecule has 1 aromatic heterocycles. The minimum Gasteiger partial charge on any atom is -0.302 e. The minimum atomic E-state index is -0.0657. The lowest BCUT2D eigenvalue weighted by Gasteiger charge is -2.23. The highest BCUT2D eigenvalue weighted by Crippen LogP contribution is 2.24. The van der Waals surface area contributed by atoms with Crippen LogP contribution >= 0.6 is 11.3 Å². The normalized spacial score (nSPS) is 18.5. The summed E-state index contributed by atoms with van der Waals surface area (Å²) >= 11 is 1.50. The summed E-state index contributed by atoms with van der Waals surface area (Å²) in [6.07, 6.45) is 3.60. The molecule has 0 unspecified atom stereocenters. The van der Waals surface area contributed by atoms with Gasteiger partial charge in [-0.15, -0.1) is 11.3 Å². The third kappa shape index (κ3) is 3.93. The number of likely N-dealkylation sites (tertiary alicyclic amines) is 1. The molecule has 1 aromatic carbocycles. The first-order valence-corrected chi connectivity index (χ1v) is 8.58. The van der Waals surface area contributed by atoms with Crippen molar-refractivity contribution in [3.05, 3.63) is 47.0 Å². The van der Waals surface area contributed by atoms with Crippen molar-refractivity contribution >= 4 is 22.4 Å². The van der Waals surface area contributed by atoms with Gasteiger partial charge in [-0.25, -0.2) is 4.98 Å². The van der Waals surface area contributed by atoms with Crippen LogP contribution in [0.4, 0.5) is 5.13 Å². The molecule has 0 aliphatic carbocycles. The van der Waals surface area contributed by atoms with Gasteiger partial charge in [0.25, 0.3) is 0 Å². The second kappa shape index (κ2) is 7.03. The van der Waals surface area contributed by atoms with Gasteiger partial charge in [-0.2, -0.15) is 0 Å². The Bertz CT molecular complexity index is 626. The van der Waals surface area contributed by atoms with E-state index < -0.39 is 0 Å². The maximum atomic E-state index is 11.1. The average molecular weight is 315 g/mol. The lowest BCUT2D eigenvalue weighted by atomic mass is 10.0. The highest BCUT2D eigenvalue weighted by atomic mass is 32.1. The number of hydrogen-bond donors (Lipinski definition) is 1. The summed E-state index contributed by atoms with van der Waals surface area (Å²) in [4.78, 5) is 18.1. The first-order chi connectivity index (χ1) is 10.7. The Labute approximate surface area is 135 Å². The zero-order valence-electron chi connectivity index (χ0n) is 12.8. The van der Waals surface area contributed by atoms with Crippen molar-refractivity contribution in [2.75, 3.05) is 11.9 Å². The van der Waals surface area contributed by atoms with Crippen LogP contribution in [0.5, 0.6) is 0 Å². The molecule has 1 aliphatic heterocycles. The molecule has 0 bridgehead atoms. The van der Waals surface area contributed by atoms with E-state index in [1.54, 1.807) is 0 Å². The van der Waals surface area contributed by atoms with Crippen molar-refractivity contribution in [3.63, 3.8) is 0 Å². The topological polar surface area (TPSA) is 45.2 Å². The van der Waals surface area contributed by atoms with Crippen molar-refractivity contribution < 1.29 is 4.79 Å². The average Bonchev–Trinajstić information content (AvgIpc) is 3.10. The second-order valence-electron chi connectivity index (χ2n) is 5.78. The number of rotatable bonds is 5. The Hall–Kier alpha value is -1.72. The summed E-state index contributed by atoms with van der Waals surface area (Å²) in [7, 11) is 0. The highest BCUT2D eigenvalue weighted by molar-refractivity contribution is 7.13. The highest BCUT2D eigenvalue weighted by Gasteiger charge is 2.25. The molecule has 116 valence electrons. The van der Waals surface area contributed by atoms with Crippen LogP contribution in [0.3, 0.4) is 0 Å². The van der Waals surface area contributed by atoms with Crippen LogP contribution in [-0.2, 0) is 17.8 Å². The Kier molecular flexibility index (Phi) is 4.85. The van der Waals surface area contributed by atoms with Crippen LogP contribution in [-0.4, -0.2) is 28.4 Å². The van der Waals surface area contributed by atoms with E-state index in [4.69, 9.17) is 0 Å². The third-order valence-electron chi connectivity index (χ3n) is 4.01. The van der Waals surface area contributed by atoms with Crippen molar-refractivity contribution in [2.45, 2.75) is 38.8 Å². The number of anilines is 1. The van der Waals surface area contributed by atoms with E-state index in [0.29, 0.717) is 11.2 Å². The number of aromatic nitrogens is 1. The molecule has 1 atom stereocenters. The molecule has 1 aliphatic rings. The van der Waals surface area contributed by atoms with E-state index in [1.807, 2.05) is 5.38 Å². The fraction of sp³-hybridized carbons (Fsp3) is 0.412. The zero-order chi connectivity index (χ0) is 15.4. The molecule has 22 heavy (non-hydrogen) atoms. The van der Waals surface area contributed by atoms with Gasteiger partial charge in [-0.05, 0) is 31.4 Å². The van der Waals surface area contributed by atoms with Gasteiger partial charge < -0.3 is 5.32 Å². The van der Waals surface area contributed by atoms with Crippen LogP contribution < -0.4 is 5.32 Å². The Morgan fingerprint density at radius 1 is 1.41 bits per heavy atom. The second-order valence-corrected chi connectivity index (χ2v) is 6.64. The fourth-order valence-corrected chi connectivity index (χ4v) is 3.76. The molecule has 1 fully saturated rings. The van der Waals surface area contributed by atoms with Gasteiger partial charge in [-0.3, -0.25) is 9.69 Å². The number of nitrogens with zero attached hydrogens (tertiary/aromatic N) is 2. The summed E-state index contributed by atoms with van der Waals surface area (Å²) in [6.45, 7) is 3.51. The SMILES string of the molecule is CC(=O)Nc1nc(CN2CCC[C@H]2Cc2ccccc2)cs1. The lowest BCUT2D eigenvalue weighted by molar-refractivity contribution is -0.114. The molecule has 1 amide bonds. The van der Waals surface area contributed by atoms with E-state index >= 15 is 0 Å². The molecule has 0 spiro atoms. The fourth-order valence-electron chi connectivity index (χ4n) is 3.02. The number of amides is 1. The summed E-state index contributed by atoms with van der Waals surface area (Å²) in [5.41, 5.74) is 2.45. The molecule has 1 saturated heterocycles. The van der Waals surface area contributed by atoms with E-state index in [1.165, 1.54) is 36.7 Å². The third-order valence-corrected chi connectivity index (χ3v) is 4.82. The molecular weight excluding hydrogens is 294 g/mol. The predicted molar refractivity (Wildman–Crippen MR) is 90.0 cm³/mol. The maximum absolute atomic E-state index is 11.1. The van der Waals surface area contributed by atoms with Crippen molar-refractivity contribution in [2.24, 2.45) is 0 Å². The van der Waals surface area contributed by atoms with Gasteiger partial charge in [0, 0.05) is 24.9 Å². The van der Waals surface area contributed by atoms with E-state index in [0.717, 1.165) is 25.2 Å². The van der Waals surface area contributed by atoms with E-state index in [2.05, 4.69) is 45.5 Å². The molecule has 0 radical (unpaired) electrons. The molecule has 3 rings (SSSR count). The predicted octanol–water partition coefficient (Wildman–Crippen LogP) is 3.31.